The first-order valence-corrected chi connectivity index (χ1v) is 7.36. The molecule has 0 aliphatic carbocycles. The van der Waals surface area contributed by atoms with Crippen LogP contribution >= 0.6 is 11.8 Å². The van der Waals surface area contributed by atoms with Gasteiger partial charge in [-0.1, -0.05) is 13.0 Å². The molecule has 2 heterocycles. The third-order valence-electron chi connectivity index (χ3n) is 2.97. The predicted octanol–water partition coefficient (Wildman–Crippen LogP) is 2.69. The van der Waals surface area contributed by atoms with E-state index in [1.807, 2.05) is 19.1 Å². The van der Waals surface area contributed by atoms with Crippen LogP contribution in [0.4, 0.5) is 0 Å². The normalized spacial score (nSPS) is 12.6. The van der Waals surface area contributed by atoms with Crippen LogP contribution in [0.3, 0.4) is 0 Å². The first-order valence-electron chi connectivity index (χ1n) is 6.21. The van der Waals surface area contributed by atoms with Gasteiger partial charge in [0.2, 0.25) is 0 Å². The SMILES string of the molecule is COC(=O)[C@H](C)CSCc1cn2c(C)cccc2n1. The third kappa shape index (κ3) is 3.29. The third-order valence-corrected chi connectivity index (χ3v) is 4.20. The van der Waals surface area contributed by atoms with Crippen molar-refractivity contribution in [2.75, 3.05) is 12.9 Å². The van der Waals surface area contributed by atoms with E-state index in [-0.39, 0.29) is 11.9 Å². The molecule has 0 spiro atoms. The fourth-order valence-electron chi connectivity index (χ4n) is 1.88. The van der Waals surface area contributed by atoms with Crippen LogP contribution in [-0.4, -0.2) is 28.2 Å². The minimum absolute atomic E-state index is 0.0752. The van der Waals surface area contributed by atoms with E-state index < -0.39 is 0 Å². The number of nitrogens with zero attached hydrogens (tertiary/aromatic N) is 2. The second kappa shape index (κ2) is 6.10. The van der Waals surface area contributed by atoms with Crippen LogP contribution < -0.4 is 0 Å². The lowest BCUT2D eigenvalue weighted by Gasteiger charge is -2.07. The van der Waals surface area contributed by atoms with Crippen molar-refractivity contribution in [2.45, 2.75) is 19.6 Å². The summed E-state index contributed by atoms with van der Waals surface area (Å²) in [5.74, 6) is 1.33. The number of methoxy groups -OCH3 is 1. The topological polar surface area (TPSA) is 43.6 Å². The van der Waals surface area contributed by atoms with Gasteiger partial charge in [0.05, 0.1) is 18.7 Å². The molecule has 4 nitrogen and oxygen atoms in total. The van der Waals surface area contributed by atoms with E-state index in [1.54, 1.807) is 11.8 Å². The van der Waals surface area contributed by atoms with Crippen LogP contribution in [0, 0.1) is 12.8 Å². The minimum atomic E-state index is -0.154. The van der Waals surface area contributed by atoms with E-state index >= 15 is 0 Å². The molecule has 0 bridgehead atoms. The molecule has 0 saturated carbocycles. The Labute approximate surface area is 117 Å². The van der Waals surface area contributed by atoms with E-state index in [0.717, 1.165) is 22.8 Å². The molecule has 0 saturated heterocycles. The van der Waals surface area contributed by atoms with Crippen LogP contribution in [0.1, 0.15) is 18.3 Å². The number of pyridine rings is 1. The number of rotatable bonds is 5. The summed E-state index contributed by atoms with van der Waals surface area (Å²) >= 11 is 1.70. The van der Waals surface area contributed by atoms with Gasteiger partial charge in [-0.2, -0.15) is 11.8 Å². The summed E-state index contributed by atoms with van der Waals surface area (Å²) in [6, 6.07) is 6.07. The summed E-state index contributed by atoms with van der Waals surface area (Å²) < 4.78 is 6.79. The van der Waals surface area contributed by atoms with Crippen molar-refractivity contribution in [3.63, 3.8) is 0 Å². The highest BCUT2D eigenvalue weighted by atomic mass is 32.2. The van der Waals surface area contributed by atoms with Gasteiger partial charge in [0.25, 0.3) is 0 Å². The Morgan fingerprint density at radius 2 is 2.32 bits per heavy atom. The maximum absolute atomic E-state index is 11.3. The van der Waals surface area contributed by atoms with Crippen molar-refractivity contribution in [1.82, 2.24) is 9.38 Å². The zero-order chi connectivity index (χ0) is 13.8. The van der Waals surface area contributed by atoms with Crippen molar-refractivity contribution in [3.05, 3.63) is 35.8 Å². The molecule has 0 unspecified atom stereocenters. The number of carbonyl (C=O) groups excluding carboxylic acids is 1. The largest absolute Gasteiger partial charge is 0.469 e. The molecular formula is C14H18N2O2S. The lowest BCUT2D eigenvalue weighted by molar-refractivity contribution is -0.143. The Hall–Kier alpha value is -1.49. The number of imidazole rings is 1. The molecule has 2 aromatic rings. The number of esters is 1. The first kappa shape index (κ1) is 13.9. The molecule has 0 aliphatic rings. The lowest BCUT2D eigenvalue weighted by atomic mass is 10.2. The van der Waals surface area contributed by atoms with Gasteiger partial charge in [0, 0.05) is 23.4 Å². The van der Waals surface area contributed by atoms with Gasteiger partial charge in [-0.25, -0.2) is 4.98 Å². The van der Waals surface area contributed by atoms with Crippen molar-refractivity contribution < 1.29 is 9.53 Å². The Morgan fingerprint density at radius 1 is 1.53 bits per heavy atom. The number of ether oxygens (including phenoxy) is 1. The number of aryl methyl sites for hydroxylation is 1. The molecule has 0 radical (unpaired) electrons. The average molecular weight is 278 g/mol. The summed E-state index contributed by atoms with van der Waals surface area (Å²) in [5, 5.41) is 0. The van der Waals surface area contributed by atoms with E-state index in [4.69, 9.17) is 4.74 Å². The van der Waals surface area contributed by atoms with Gasteiger partial charge in [-0.15, -0.1) is 0 Å². The van der Waals surface area contributed by atoms with Gasteiger partial charge in [0.15, 0.2) is 0 Å². The second-order valence-electron chi connectivity index (χ2n) is 4.57. The summed E-state index contributed by atoms with van der Waals surface area (Å²) in [5.41, 5.74) is 3.18. The highest BCUT2D eigenvalue weighted by molar-refractivity contribution is 7.98. The molecule has 2 aromatic heterocycles. The predicted molar refractivity (Wildman–Crippen MR) is 77.3 cm³/mol. The second-order valence-corrected chi connectivity index (χ2v) is 5.60. The van der Waals surface area contributed by atoms with Crippen molar-refractivity contribution in [1.29, 1.82) is 0 Å². The molecule has 0 aliphatic heterocycles. The Kier molecular flexibility index (Phi) is 4.47. The van der Waals surface area contributed by atoms with Crippen LogP contribution in [0.25, 0.3) is 5.65 Å². The van der Waals surface area contributed by atoms with Gasteiger partial charge in [0.1, 0.15) is 5.65 Å². The Morgan fingerprint density at radius 3 is 3.00 bits per heavy atom. The van der Waals surface area contributed by atoms with Gasteiger partial charge >= 0.3 is 5.97 Å². The number of carbonyl (C=O) groups is 1. The summed E-state index contributed by atoms with van der Waals surface area (Å²) in [7, 11) is 1.42. The number of thioether (sulfide) groups is 1. The zero-order valence-electron chi connectivity index (χ0n) is 11.4. The molecule has 0 fully saturated rings. The van der Waals surface area contributed by atoms with Gasteiger partial charge in [-0.05, 0) is 19.1 Å². The lowest BCUT2D eigenvalue weighted by Crippen LogP contribution is -2.14. The first-order chi connectivity index (χ1) is 9.11. The molecule has 2 rings (SSSR count). The molecule has 19 heavy (non-hydrogen) atoms. The quantitative estimate of drug-likeness (QED) is 0.789. The zero-order valence-corrected chi connectivity index (χ0v) is 12.2. The summed E-state index contributed by atoms with van der Waals surface area (Å²) in [4.78, 5) is 15.8. The highest BCUT2D eigenvalue weighted by Crippen LogP contribution is 2.17. The molecule has 0 aromatic carbocycles. The van der Waals surface area contributed by atoms with Crippen LogP contribution in [-0.2, 0) is 15.3 Å². The van der Waals surface area contributed by atoms with Crippen LogP contribution in [0.15, 0.2) is 24.4 Å². The molecule has 5 heteroatoms. The number of hydrogen-bond donors (Lipinski definition) is 0. The Balaban J connectivity index is 1.95. The number of fused-ring (bicyclic) bond motifs is 1. The van der Waals surface area contributed by atoms with Crippen LogP contribution in [0.5, 0.6) is 0 Å². The maximum atomic E-state index is 11.3. The van der Waals surface area contributed by atoms with E-state index in [0.29, 0.717) is 0 Å². The molecule has 102 valence electrons. The molecule has 0 amide bonds. The number of hydrogen-bond acceptors (Lipinski definition) is 4. The van der Waals surface area contributed by atoms with Gasteiger partial charge in [-0.3, -0.25) is 4.79 Å². The average Bonchev–Trinajstić information content (AvgIpc) is 2.82. The van der Waals surface area contributed by atoms with E-state index in [9.17, 15) is 4.79 Å². The molecular weight excluding hydrogens is 260 g/mol. The number of aromatic nitrogens is 2. The monoisotopic (exact) mass is 278 g/mol. The fraction of sp³-hybridized carbons (Fsp3) is 0.429. The summed E-state index contributed by atoms with van der Waals surface area (Å²) in [6.45, 7) is 3.94. The highest BCUT2D eigenvalue weighted by Gasteiger charge is 2.13. The fourth-order valence-corrected chi connectivity index (χ4v) is 2.83. The van der Waals surface area contributed by atoms with Crippen molar-refractivity contribution in [2.24, 2.45) is 5.92 Å². The summed E-state index contributed by atoms with van der Waals surface area (Å²) in [6.07, 6.45) is 2.06. The van der Waals surface area contributed by atoms with E-state index in [2.05, 4.69) is 28.6 Å². The smallest absolute Gasteiger partial charge is 0.309 e. The van der Waals surface area contributed by atoms with Crippen LogP contribution in [0.2, 0.25) is 0 Å². The van der Waals surface area contributed by atoms with Crippen molar-refractivity contribution in [3.8, 4) is 0 Å². The minimum Gasteiger partial charge on any atom is -0.469 e. The Bertz CT molecular complexity index is 580. The molecule has 0 N–H and O–H groups in total. The van der Waals surface area contributed by atoms with Gasteiger partial charge < -0.3 is 9.14 Å². The van der Waals surface area contributed by atoms with E-state index in [1.165, 1.54) is 12.8 Å². The maximum Gasteiger partial charge on any atom is 0.309 e. The molecule has 1 atom stereocenters. The van der Waals surface area contributed by atoms with Crippen molar-refractivity contribution >= 4 is 23.4 Å². The standard InChI is InChI=1S/C14H18N2O2S/c1-10(14(17)18-3)8-19-9-12-7-16-11(2)5-4-6-13(16)15-12/h4-7,10H,8-9H2,1-3H3/t10-/m1/s1.